The average Bonchev–Trinajstić information content (AvgIpc) is 2.57. The van der Waals surface area contributed by atoms with Crippen molar-refractivity contribution in [1.29, 1.82) is 0 Å². The van der Waals surface area contributed by atoms with Gasteiger partial charge in [0.15, 0.2) is 11.5 Å². The van der Waals surface area contributed by atoms with Gasteiger partial charge in [-0.05, 0) is 46.6 Å². The first-order valence-corrected chi connectivity index (χ1v) is 7.90. The summed E-state index contributed by atoms with van der Waals surface area (Å²) < 4.78 is 5.84. The van der Waals surface area contributed by atoms with Crippen LogP contribution in [0.15, 0.2) is 27.6 Å². The number of H-pyrrole nitrogens is 1. The van der Waals surface area contributed by atoms with E-state index in [4.69, 9.17) is 4.74 Å². The SMILES string of the molecule is CCOc1cc(/C=C/c2ncc(C(=O)NC)c(=O)[nH]2)cc(Br)c1O. The number of phenols is 1. The number of nitrogens with zero attached hydrogens (tertiary/aromatic N) is 1. The number of benzene rings is 1. The molecule has 2 aromatic rings. The van der Waals surface area contributed by atoms with Crippen molar-refractivity contribution in [2.45, 2.75) is 6.92 Å². The molecular weight excluding hydrogens is 378 g/mol. The van der Waals surface area contributed by atoms with Crippen LogP contribution in [0, 0.1) is 0 Å². The molecule has 0 aliphatic rings. The van der Waals surface area contributed by atoms with Gasteiger partial charge in [-0.2, -0.15) is 0 Å². The maximum absolute atomic E-state index is 11.8. The monoisotopic (exact) mass is 393 g/mol. The van der Waals surface area contributed by atoms with Gasteiger partial charge in [0.25, 0.3) is 11.5 Å². The van der Waals surface area contributed by atoms with E-state index in [1.54, 1.807) is 24.3 Å². The highest BCUT2D eigenvalue weighted by Gasteiger charge is 2.10. The number of halogens is 1. The molecule has 7 nitrogen and oxygen atoms in total. The molecule has 1 heterocycles. The second-order valence-corrected chi connectivity index (χ2v) is 5.56. The zero-order chi connectivity index (χ0) is 17.7. The van der Waals surface area contributed by atoms with Crippen molar-refractivity contribution in [3.05, 3.63) is 50.1 Å². The Bertz CT molecular complexity index is 846. The van der Waals surface area contributed by atoms with Crippen molar-refractivity contribution in [1.82, 2.24) is 15.3 Å². The van der Waals surface area contributed by atoms with Crippen molar-refractivity contribution in [2.24, 2.45) is 0 Å². The van der Waals surface area contributed by atoms with E-state index in [2.05, 4.69) is 31.2 Å². The molecule has 0 radical (unpaired) electrons. The molecule has 126 valence electrons. The van der Waals surface area contributed by atoms with Gasteiger partial charge in [0, 0.05) is 13.2 Å². The summed E-state index contributed by atoms with van der Waals surface area (Å²) in [6.45, 7) is 2.24. The average molecular weight is 394 g/mol. The van der Waals surface area contributed by atoms with Gasteiger partial charge in [0.1, 0.15) is 11.4 Å². The molecule has 0 atom stereocenters. The fourth-order valence-electron chi connectivity index (χ4n) is 1.92. The molecule has 2 rings (SSSR count). The van der Waals surface area contributed by atoms with Crippen LogP contribution in [0.4, 0.5) is 0 Å². The predicted octanol–water partition coefficient (Wildman–Crippen LogP) is 2.17. The third-order valence-electron chi connectivity index (χ3n) is 3.07. The molecular formula is C16H16BrN3O4. The Morgan fingerprint density at radius 2 is 2.21 bits per heavy atom. The van der Waals surface area contributed by atoms with Crippen LogP contribution in [-0.4, -0.2) is 34.6 Å². The van der Waals surface area contributed by atoms with Crippen molar-refractivity contribution in [3.63, 3.8) is 0 Å². The Morgan fingerprint density at radius 1 is 1.46 bits per heavy atom. The maximum atomic E-state index is 11.8. The molecule has 0 saturated heterocycles. The van der Waals surface area contributed by atoms with Gasteiger partial charge in [0.05, 0.1) is 11.1 Å². The first-order valence-electron chi connectivity index (χ1n) is 7.11. The highest BCUT2D eigenvalue weighted by Crippen LogP contribution is 2.35. The van der Waals surface area contributed by atoms with Crippen molar-refractivity contribution >= 4 is 34.0 Å². The van der Waals surface area contributed by atoms with E-state index >= 15 is 0 Å². The number of carbonyl (C=O) groups is 1. The lowest BCUT2D eigenvalue weighted by Gasteiger charge is -2.08. The van der Waals surface area contributed by atoms with Crippen molar-refractivity contribution in [3.8, 4) is 11.5 Å². The minimum absolute atomic E-state index is 0.0236. The van der Waals surface area contributed by atoms with Gasteiger partial charge in [-0.1, -0.05) is 6.08 Å². The van der Waals surface area contributed by atoms with Crippen LogP contribution in [0.1, 0.15) is 28.7 Å². The number of ether oxygens (including phenoxy) is 1. The summed E-state index contributed by atoms with van der Waals surface area (Å²) in [5, 5.41) is 12.3. The van der Waals surface area contributed by atoms with E-state index in [-0.39, 0.29) is 11.3 Å². The third-order valence-corrected chi connectivity index (χ3v) is 3.68. The normalized spacial score (nSPS) is 10.8. The Morgan fingerprint density at radius 3 is 2.83 bits per heavy atom. The molecule has 3 N–H and O–H groups in total. The molecule has 0 spiro atoms. The minimum Gasteiger partial charge on any atom is -0.503 e. The number of hydrogen-bond donors (Lipinski definition) is 3. The van der Waals surface area contributed by atoms with Gasteiger partial charge in [0.2, 0.25) is 0 Å². The van der Waals surface area contributed by atoms with E-state index in [0.717, 1.165) is 5.56 Å². The summed E-state index contributed by atoms with van der Waals surface area (Å²) in [5.41, 5.74) is 0.160. The second kappa shape index (κ2) is 7.78. The number of carbonyl (C=O) groups excluding carboxylic acids is 1. The number of aromatic hydroxyl groups is 1. The standard InChI is InChI=1S/C16H16BrN3O4/c1-3-24-12-7-9(6-11(17)14(12)21)4-5-13-19-8-10(15(22)18-2)16(23)20-13/h4-8,21H,3H2,1-2H3,(H,18,22)(H,19,20,23)/b5-4+. The lowest BCUT2D eigenvalue weighted by atomic mass is 10.2. The Kier molecular flexibility index (Phi) is 5.75. The van der Waals surface area contributed by atoms with E-state index in [1.165, 1.54) is 13.2 Å². The molecule has 8 heteroatoms. The molecule has 1 aromatic carbocycles. The molecule has 0 aliphatic carbocycles. The Balaban J connectivity index is 2.30. The smallest absolute Gasteiger partial charge is 0.263 e. The van der Waals surface area contributed by atoms with Gasteiger partial charge < -0.3 is 20.1 Å². The van der Waals surface area contributed by atoms with E-state index in [0.29, 0.717) is 22.7 Å². The molecule has 0 aliphatic heterocycles. The predicted molar refractivity (Wildman–Crippen MR) is 94.2 cm³/mol. The minimum atomic E-state index is -0.522. The van der Waals surface area contributed by atoms with Crippen LogP contribution in [-0.2, 0) is 0 Å². The number of nitrogens with one attached hydrogen (secondary N) is 2. The molecule has 0 saturated carbocycles. The molecule has 24 heavy (non-hydrogen) atoms. The van der Waals surface area contributed by atoms with Gasteiger partial charge in [-0.15, -0.1) is 0 Å². The second-order valence-electron chi connectivity index (χ2n) is 4.71. The molecule has 1 aromatic heterocycles. The molecule has 1 amide bonds. The van der Waals surface area contributed by atoms with Crippen molar-refractivity contribution in [2.75, 3.05) is 13.7 Å². The summed E-state index contributed by atoms with van der Waals surface area (Å²) in [6, 6.07) is 3.36. The van der Waals surface area contributed by atoms with Gasteiger partial charge in [-0.3, -0.25) is 9.59 Å². The summed E-state index contributed by atoms with van der Waals surface area (Å²) in [6.07, 6.45) is 4.50. The number of aromatic amines is 1. The highest BCUT2D eigenvalue weighted by atomic mass is 79.9. The van der Waals surface area contributed by atoms with Crippen LogP contribution >= 0.6 is 15.9 Å². The number of phenolic OH excluding ortho intramolecular Hbond substituents is 1. The largest absolute Gasteiger partial charge is 0.503 e. The molecule has 0 fully saturated rings. The number of rotatable bonds is 5. The number of amides is 1. The third kappa shape index (κ3) is 4.02. The Labute approximate surface area is 146 Å². The van der Waals surface area contributed by atoms with Crippen molar-refractivity contribution < 1.29 is 14.6 Å². The summed E-state index contributed by atoms with van der Waals surface area (Å²) >= 11 is 3.26. The molecule has 0 unspecified atom stereocenters. The van der Waals surface area contributed by atoms with E-state index in [1.807, 2.05) is 6.92 Å². The Hall–Kier alpha value is -2.61. The van der Waals surface area contributed by atoms with Crippen LogP contribution in [0.2, 0.25) is 0 Å². The quantitative estimate of drug-likeness (QED) is 0.721. The first kappa shape index (κ1) is 17.7. The lowest BCUT2D eigenvalue weighted by Crippen LogP contribution is -2.27. The highest BCUT2D eigenvalue weighted by molar-refractivity contribution is 9.10. The zero-order valence-electron chi connectivity index (χ0n) is 13.1. The summed E-state index contributed by atoms with van der Waals surface area (Å²) in [5.74, 6) is 0.177. The first-order chi connectivity index (χ1) is 11.5. The van der Waals surface area contributed by atoms with Crippen LogP contribution in [0.25, 0.3) is 12.2 Å². The van der Waals surface area contributed by atoms with E-state index < -0.39 is 11.5 Å². The zero-order valence-corrected chi connectivity index (χ0v) is 14.7. The van der Waals surface area contributed by atoms with Crippen LogP contribution in [0.5, 0.6) is 11.5 Å². The fourth-order valence-corrected chi connectivity index (χ4v) is 2.38. The topological polar surface area (TPSA) is 104 Å². The number of aromatic nitrogens is 2. The maximum Gasteiger partial charge on any atom is 0.263 e. The van der Waals surface area contributed by atoms with Crippen LogP contribution < -0.4 is 15.6 Å². The number of hydrogen-bond acceptors (Lipinski definition) is 5. The lowest BCUT2D eigenvalue weighted by molar-refractivity contribution is 0.0961. The fraction of sp³-hybridized carbons (Fsp3) is 0.188. The van der Waals surface area contributed by atoms with Gasteiger partial charge >= 0.3 is 0 Å². The summed E-state index contributed by atoms with van der Waals surface area (Å²) in [7, 11) is 1.44. The van der Waals surface area contributed by atoms with Crippen LogP contribution in [0.3, 0.4) is 0 Å². The summed E-state index contributed by atoms with van der Waals surface area (Å²) in [4.78, 5) is 29.8. The molecule has 0 bridgehead atoms. The van der Waals surface area contributed by atoms with Gasteiger partial charge in [-0.25, -0.2) is 4.98 Å². The van der Waals surface area contributed by atoms with E-state index in [9.17, 15) is 14.7 Å².